The van der Waals surface area contributed by atoms with Gasteiger partial charge in [-0.25, -0.2) is 0 Å². The summed E-state index contributed by atoms with van der Waals surface area (Å²) in [6, 6.07) is 32.3. The first-order valence-corrected chi connectivity index (χ1v) is 10.3. The lowest BCUT2D eigenvalue weighted by molar-refractivity contribution is -0.957. The van der Waals surface area contributed by atoms with E-state index in [-0.39, 0.29) is 18.0 Å². The average Bonchev–Trinajstić information content (AvgIpc) is 2.73. The fraction of sp³-hybridized carbons (Fsp3) is 0.308. The van der Waals surface area contributed by atoms with Crippen molar-refractivity contribution < 1.29 is 10.0 Å². The van der Waals surface area contributed by atoms with Gasteiger partial charge in [0.2, 0.25) is 0 Å². The number of benzene rings is 3. The van der Waals surface area contributed by atoms with Crippen LogP contribution in [0.3, 0.4) is 0 Å². The Morgan fingerprint density at radius 2 is 1.32 bits per heavy atom. The predicted molar refractivity (Wildman–Crippen MR) is 114 cm³/mol. The second-order valence-corrected chi connectivity index (χ2v) is 8.35. The quantitative estimate of drug-likeness (QED) is 0.711. The van der Waals surface area contributed by atoms with Crippen LogP contribution in [0.2, 0.25) is 0 Å². The molecule has 1 unspecified atom stereocenters. The lowest BCUT2D eigenvalue weighted by atomic mass is 9.68. The van der Waals surface area contributed by atoms with Crippen molar-refractivity contribution in [2.75, 3.05) is 7.05 Å². The topological polar surface area (TPSA) is 24.7 Å². The molecule has 1 aliphatic rings. The minimum Gasteiger partial charge on any atom is -0.389 e. The minimum atomic E-state index is -0.748. The van der Waals surface area contributed by atoms with Crippen molar-refractivity contribution in [3.8, 4) is 0 Å². The summed E-state index contributed by atoms with van der Waals surface area (Å²) in [4.78, 5) is 1.46. The Balaban J connectivity index is 1.75. The van der Waals surface area contributed by atoms with E-state index in [0.717, 1.165) is 6.42 Å². The second-order valence-electron chi connectivity index (χ2n) is 8.35. The summed E-state index contributed by atoms with van der Waals surface area (Å²) >= 11 is 0. The summed E-state index contributed by atoms with van der Waals surface area (Å²) in [5.74, 6) is 0.148. The van der Waals surface area contributed by atoms with E-state index in [0.29, 0.717) is 6.42 Å². The number of rotatable bonds is 4. The highest BCUT2D eigenvalue weighted by Gasteiger charge is 2.51. The summed E-state index contributed by atoms with van der Waals surface area (Å²) in [5.41, 5.74) is 3.07. The molecule has 1 heterocycles. The van der Waals surface area contributed by atoms with Crippen LogP contribution >= 0.6 is 0 Å². The maximum atomic E-state index is 12.0. The third-order valence-corrected chi connectivity index (χ3v) is 6.66. The third-order valence-electron chi connectivity index (χ3n) is 6.66. The van der Waals surface area contributed by atoms with Crippen LogP contribution in [0.5, 0.6) is 0 Å². The average molecular weight is 373 g/mol. The first kappa shape index (κ1) is 18.9. The third kappa shape index (κ3) is 3.63. The van der Waals surface area contributed by atoms with Crippen molar-refractivity contribution in [1.82, 2.24) is 0 Å². The molecule has 0 aliphatic carbocycles. The second kappa shape index (κ2) is 7.90. The highest BCUT2D eigenvalue weighted by molar-refractivity contribution is 5.25. The molecule has 4 rings (SSSR count). The summed E-state index contributed by atoms with van der Waals surface area (Å²) in [5, 5.41) is 12.0. The zero-order valence-electron chi connectivity index (χ0n) is 16.8. The fourth-order valence-corrected chi connectivity index (χ4v) is 5.08. The van der Waals surface area contributed by atoms with Crippen LogP contribution in [0.4, 0.5) is 0 Å². The van der Waals surface area contributed by atoms with Gasteiger partial charge in [0, 0.05) is 29.9 Å². The normalized spacial score (nSPS) is 30.1. The molecule has 28 heavy (non-hydrogen) atoms. The van der Waals surface area contributed by atoms with Gasteiger partial charge in [0.05, 0.1) is 12.6 Å². The van der Waals surface area contributed by atoms with Crippen LogP contribution in [0.25, 0.3) is 0 Å². The predicted octanol–water partition coefficient (Wildman–Crippen LogP) is 4.00. The van der Waals surface area contributed by atoms with Crippen molar-refractivity contribution in [3.63, 3.8) is 0 Å². The number of likely N-dealkylation sites (tertiary alicyclic amines) is 1. The Morgan fingerprint density at radius 1 is 0.821 bits per heavy atom. The molecule has 0 amide bonds. The van der Waals surface area contributed by atoms with E-state index in [9.17, 15) is 5.11 Å². The van der Waals surface area contributed by atoms with Crippen LogP contribution in [0, 0.1) is 5.92 Å². The molecule has 1 aliphatic heterocycles. The fourth-order valence-electron chi connectivity index (χ4n) is 5.08. The van der Waals surface area contributed by atoms with Gasteiger partial charge in [0.25, 0.3) is 0 Å². The summed E-state index contributed by atoms with van der Waals surface area (Å²) in [6.07, 6.45) is 1.46. The van der Waals surface area contributed by atoms with Crippen LogP contribution in [-0.2, 0) is 6.42 Å². The summed E-state index contributed by atoms with van der Waals surface area (Å²) in [7, 11) is 2.29. The molecule has 2 nitrogen and oxygen atoms in total. The SMILES string of the molecule is C[C@@H]1[C@@H](c2ccccc2)[NH+](C)[C@H](c2ccccc2)C[C@]1(O)Cc1ccccc1. The molecule has 5 atom stereocenters. The molecule has 3 aromatic carbocycles. The summed E-state index contributed by atoms with van der Waals surface area (Å²) < 4.78 is 0. The van der Waals surface area contributed by atoms with E-state index >= 15 is 0 Å². The van der Waals surface area contributed by atoms with Gasteiger partial charge in [0.15, 0.2) is 0 Å². The van der Waals surface area contributed by atoms with Gasteiger partial charge < -0.3 is 10.0 Å². The van der Waals surface area contributed by atoms with Crippen molar-refractivity contribution >= 4 is 0 Å². The van der Waals surface area contributed by atoms with E-state index in [1.807, 2.05) is 6.07 Å². The van der Waals surface area contributed by atoms with Gasteiger partial charge in [0.1, 0.15) is 12.1 Å². The largest absolute Gasteiger partial charge is 0.389 e. The molecular formula is C26H30NO+. The number of quaternary nitrogens is 1. The smallest absolute Gasteiger partial charge is 0.119 e. The standard InChI is InChI=1S/C26H29NO/c1-20-25(23-16-10-5-11-17-23)27(2)24(22-14-8-4-9-15-22)19-26(20,28)18-21-12-6-3-7-13-21/h3-17,20,24-25,28H,18-19H2,1-2H3/p+1/t20-,24+,25+,26-/m1/s1. The van der Waals surface area contributed by atoms with Gasteiger partial charge in [-0.1, -0.05) is 97.9 Å². The van der Waals surface area contributed by atoms with Gasteiger partial charge in [-0.2, -0.15) is 0 Å². The monoisotopic (exact) mass is 372 g/mol. The molecule has 0 spiro atoms. The van der Waals surface area contributed by atoms with Crippen LogP contribution < -0.4 is 4.90 Å². The first-order chi connectivity index (χ1) is 13.6. The Bertz CT molecular complexity index is 880. The Labute approximate surface area is 168 Å². The van der Waals surface area contributed by atoms with E-state index in [2.05, 4.69) is 98.9 Å². The first-order valence-electron chi connectivity index (χ1n) is 10.3. The molecule has 2 N–H and O–H groups in total. The molecule has 0 aromatic heterocycles. The molecule has 2 heteroatoms. The molecule has 1 fully saturated rings. The van der Waals surface area contributed by atoms with Crippen LogP contribution in [-0.4, -0.2) is 17.8 Å². The summed E-state index contributed by atoms with van der Waals surface area (Å²) in [6.45, 7) is 2.23. The van der Waals surface area contributed by atoms with Crippen LogP contribution in [0.15, 0.2) is 91.0 Å². The van der Waals surface area contributed by atoms with Gasteiger partial charge in [-0.3, -0.25) is 0 Å². The Kier molecular flexibility index (Phi) is 5.34. The van der Waals surface area contributed by atoms with E-state index in [1.54, 1.807) is 0 Å². The maximum Gasteiger partial charge on any atom is 0.119 e. The number of aliphatic hydroxyl groups is 1. The van der Waals surface area contributed by atoms with Crippen molar-refractivity contribution in [2.24, 2.45) is 5.92 Å². The highest BCUT2D eigenvalue weighted by Crippen LogP contribution is 2.41. The Morgan fingerprint density at radius 3 is 1.89 bits per heavy atom. The molecular weight excluding hydrogens is 342 g/mol. The lowest BCUT2D eigenvalue weighted by Crippen LogP contribution is -3.12. The van der Waals surface area contributed by atoms with Gasteiger partial charge in [-0.15, -0.1) is 0 Å². The van der Waals surface area contributed by atoms with Crippen LogP contribution in [0.1, 0.15) is 42.1 Å². The van der Waals surface area contributed by atoms with Gasteiger partial charge in [-0.05, 0) is 5.56 Å². The number of nitrogens with one attached hydrogen (secondary N) is 1. The number of hydrogen-bond acceptors (Lipinski definition) is 1. The molecule has 0 radical (unpaired) electrons. The maximum absolute atomic E-state index is 12.0. The zero-order valence-corrected chi connectivity index (χ0v) is 16.8. The van der Waals surface area contributed by atoms with Crippen molar-refractivity contribution in [1.29, 1.82) is 0 Å². The number of piperidine rings is 1. The molecule has 0 saturated carbocycles. The lowest BCUT2D eigenvalue weighted by Gasteiger charge is -2.49. The molecule has 1 saturated heterocycles. The number of hydrogen-bond donors (Lipinski definition) is 2. The Hall–Kier alpha value is -2.42. The molecule has 0 bridgehead atoms. The van der Waals surface area contributed by atoms with E-state index in [4.69, 9.17) is 0 Å². The van der Waals surface area contributed by atoms with E-state index in [1.165, 1.54) is 21.6 Å². The highest BCUT2D eigenvalue weighted by atomic mass is 16.3. The van der Waals surface area contributed by atoms with Crippen molar-refractivity contribution in [3.05, 3.63) is 108 Å². The van der Waals surface area contributed by atoms with Gasteiger partial charge >= 0.3 is 0 Å². The van der Waals surface area contributed by atoms with E-state index < -0.39 is 5.60 Å². The minimum absolute atomic E-state index is 0.148. The molecule has 144 valence electrons. The van der Waals surface area contributed by atoms with Crippen molar-refractivity contribution in [2.45, 2.75) is 37.5 Å². The molecule has 3 aromatic rings. The zero-order chi connectivity index (χ0) is 19.6.